The second-order valence-corrected chi connectivity index (χ2v) is 9.58. The molecular weight excluding hydrogens is 378 g/mol. The number of thiophene rings is 1. The molecule has 4 rings (SSSR count). The quantitative estimate of drug-likeness (QED) is 0.829. The predicted octanol–water partition coefficient (Wildman–Crippen LogP) is 3.39. The van der Waals surface area contributed by atoms with Crippen molar-refractivity contribution in [2.24, 2.45) is 0 Å². The standard InChI is InChI=1S/C20H27N3O2S2/c1-15-17(27-14-21-15)12-23-8-9-25-20(13-23)7-3-2-6-18(20)22-19(24)11-16-5-4-10-26-16/h4-5,10,14,18H,2-3,6-9,11-13H2,1H3,(H,22,24)/t18-,20-/m0/s1. The zero-order chi connectivity index (χ0) is 18.7. The van der Waals surface area contributed by atoms with Gasteiger partial charge in [-0.3, -0.25) is 9.69 Å². The van der Waals surface area contributed by atoms with Crippen molar-refractivity contribution in [3.05, 3.63) is 38.5 Å². The first-order valence-corrected chi connectivity index (χ1v) is 11.5. The first-order valence-electron chi connectivity index (χ1n) is 9.72. The highest BCUT2D eigenvalue weighted by Gasteiger charge is 2.45. The third kappa shape index (κ3) is 4.42. The van der Waals surface area contributed by atoms with E-state index in [0.717, 1.165) is 56.1 Å². The van der Waals surface area contributed by atoms with Gasteiger partial charge < -0.3 is 10.1 Å². The number of thiazole rings is 1. The molecule has 2 aromatic heterocycles. The fourth-order valence-corrected chi connectivity index (χ4v) is 5.81. The SMILES string of the molecule is Cc1ncsc1CN1CCO[C@@]2(CCCC[C@@H]2NC(=O)Cc2cccs2)C1. The average Bonchev–Trinajstić information content (AvgIpc) is 3.30. The Morgan fingerprint density at radius 1 is 1.44 bits per heavy atom. The molecule has 2 aromatic rings. The number of nitrogens with zero attached hydrogens (tertiary/aromatic N) is 2. The Kier molecular flexibility index (Phi) is 5.92. The number of amides is 1. The highest BCUT2D eigenvalue weighted by molar-refractivity contribution is 7.10. The molecule has 0 bridgehead atoms. The van der Waals surface area contributed by atoms with Gasteiger partial charge in [0.15, 0.2) is 0 Å². The number of nitrogens with one attached hydrogen (secondary N) is 1. The van der Waals surface area contributed by atoms with Crippen LogP contribution in [0.15, 0.2) is 23.0 Å². The van der Waals surface area contributed by atoms with Crippen molar-refractivity contribution >= 4 is 28.6 Å². The van der Waals surface area contributed by atoms with E-state index in [-0.39, 0.29) is 17.6 Å². The summed E-state index contributed by atoms with van der Waals surface area (Å²) < 4.78 is 6.37. The van der Waals surface area contributed by atoms with Gasteiger partial charge in [-0.05, 0) is 31.2 Å². The average molecular weight is 406 g/mol. The van der Waals surface area contributed by atoms with Gasteiger partial charge >= 0.3 is 0 Å². The summed E-state index contributed by atoms with van der Waals surface area (Å²) in [6, 6.07) is 4.12. The molecular formula is C20H27N3O2S2. The number of morpholine rings is 1. The molecule has 2 atom stereocenters. The Hall–Kier alpha value is -1.28. The Morgan fingerprint density at radius 3 is 3.15 bits per heavy atom. The molecule has 1 saturated carbocycles. The van der Waals surface area contributed by atoms with Crippen LogP contribution >= 0.6 is 22.7 Å². The molecule has 1 aliphatic heterocycles. The molecule has 0 radical (unpaired) electrons. The van der Waals surface area contributed by atoms with Crippen molar-refractivity contribution in [3.63, 3.8) is 0 Å². The molecule has 27 heavy (non-hydrogen) atoms. The minimum absolute atomic E-state index is 0.101. The molecule has 0 unspecified atom stereocenters. The van der Waals surface area contributed by atoms with E-state index in [2.05, 4.69) is 22.1 Å². The Bertz CT molecular complexity index is 757. The minimum Gasteiger partial charge on any atom is -0.370 e. The lowest BCUT2D eigenvalue weighted by Crippen LogP contribution is -2.64. The molecule has 1 N–H and O–H groups in total. The van der Waals surface area contributed by atoms with Crippen LogP contribution in [0, 0.1) is 6.92 Å². The second-order valence-electron chi connectivity index (χ2n) is 7.61. The Labute approximate surface area is 168 Å². The molecule has 1 spiro atoms. The zero-order valence-corrected chi connectivity index (χ0v) is 17.4. The highest BCUT2D eigenvalue weighted by Crippen LogP contribution is 2.35. The van der Waals surface area contributed by atoms with Crippen molar-refractivity contribution in [2.75, 3.05) is 19.7 Å². The summed E-state index contributed by atoms with van der Waals surface area (Å²) in [6.45, 7) is 5.56. The van der Waals surface area contributed by atoms with E-state index in [9.17, 15) is 4.79 Å². The first kappa shape index (κ1) is 19.1. The molecule has 3 heterocycles. The molecule has 5 nitrogen and oxygen atoms in total. The number of hydrogen-bond acceptors (Lipinski definition) is 6. The molecule has 0 aromatic carbocycles. The number of rotatable bonds is 5. The number of aryl methyl sites for hydroxylation is 1. The first-order chi connectivity index (χ1) is 13.1. The smallest absolute Gasteiger partial charge is 0.225 e. The summed E-state index contributed by atoms with van der Waals surface area (Å²) in [6.07, 6.45) is 4.82. The van der Waals surface area contributed by atoms with Crippen LogP contribution in [-0.4, -0.2) is 47.1 Å². The monoisotopic (exact) mass is 405 g/mol. The lowest BCUT2D eigenvalue weighted by atomic mass is 9.78. The number of carbonyl (C=O) groups excluding carboxylic acids is 1. The minimum atomic E-state index is -0.250. The van der Waals surface area contributed by atoms with E-state index >= 15 is 0 Å². The summed E-state index contributed by atoms with van der Waals surface area (Å²) in [5.74, 6) is 0.114. The third-order valence-electron chi connectivity index (χ3n) is 5.73. The van der Waals surface area contributed by atoms with Crippen molar-refractivity contribution < 1.29 is 9.53 Å². The van der Waals surface area contributed by atoms with E-state index in [4.69, 9.17) is 4.74 Å². The maximum absolute atomic E-state index is 12.6. The molecule has 2 fully saturated rings. The number of carbonyl (C=O) groups is 1. The summed E-state index contributed by atoms with van der Waals surface area (Å²) in [4.78, 5) is 21.9. The van der Waals surface area contributed by atoms with E-state index < -0.39 is 0 Å². The van der Waals surface area contributed by atoms with Gasteiger partial charge in [0.2, 0.25) is 5.91 Å². The molecule has 1 amide bonds. The topological polar surface area (TPSA) is 54.5 Å². The third-order valence-corrected chi connectivity index (χ3v) is 7.52. The van der Waals surface area contributed by atoms with E-state index in [0.29, 0.717) is 6.42 Å². The van der Waals surface area contributed by atoms with Crippen LogP contribution in [-0.2, 0) is 22.5 Å². The van der Waals surface area contributed by atoms with Crippen molar-refractivity contribution in [3.8, 4) is 0 Å². The van der Waals surface area contributed by atoms with Gasteiger partial charge in [-0.15, -0.1) is 22.7 Å². The Morgan fingerprint density at radius 2 is 2.37 bits per heavy atom. The van der Waals surface area contributed by atoms with Crippen LogP contribution < -0.4 is 5.32 Å². The fraction of sp³-hybridized carbons (Fsp3) is 0.600. The van der Waals surface area contributed by atoms with Gasteiger partial charge in [0, 0.05) is 29.4 Å². The molecule has 146 valence electrons. The molecule has 1 saturated heterocycles. The van der Waals surface area contributed by atoms with Crippen LogP contribution in [0.3, 0.4) is 0 Å². The van der Waals surface area contributed by atoms with Gasteiger partial charge in [0.25, 0.3) is 0 Å². The van der Waals surface area contributed by atoms with Crippen molar-refractivity contribution in [2.45, 2.75) is 57.2 Å². The van der Waals surface area contributed by atoms with Crippen molar-refractivity contribution in [1.29, 1.82) is 0 Å². The van der Waals surface area contributed by atoms with Crippen molar-refractivity contribution in [1.82, 2.24) is 15.2 Å². The maximum atomic E-state index is 12.6. The fourth-order valence-electron chi connectivity index (χ4n) is 4.29. The summed E-state index contributed by atoms with van der Waals surface area (Å²) >= 11 is 3.37. The summed E-state index contributed by atoms with van der Waals surface area (Å²) in [7, 11) is 0. The second kappa shape index (κ2) is 8.39. The van der Waals surface area contributed by atoms with E-state index in [1.165, 1.54) is 11.3 Å². The highest BCUT2D eigenvalue weighted by atomic mass is 32.1. The van der Waals surface area contributed by atoms with Crippen LogP contribution in [0.1, 0.15) is 41.1 Å². The van der Waals surface area contributed by atoms with Gasteiger partial charge in [0.1, 0.15) is 5.60 Å². The van der Waals surface area contributed by atoms with Crippen LogP contribution in [0.25, 0.3) is 0 Å². The van der Waals surface area contributed by atoms with Gasteiger partial charge in [-0.1, -0.05) is 18.9 Å². The zero-order valence-electron chi connectivity index (χ0n) is 15.8. The molecule has 2 aliphatic rings. The molecule has 7 heteroatoms. The Balaban J connectivity index is 1.43. The lowest BCUT2D eigenvalue weighted by Gasteiger charge is -2.49. The number of aromatic nitrogens is 1. The maximum Gasteiger partial charge on any atom is 0.225 e. The van der Waals surface area contributed by atoms with E-state index in [1.807, 2.05) is 23.0 Å². The van der Waals surface area contributed by atoms with Gasteiger partial charge in [-0.25, -0.2) is 4.98 Å². The van der Waals surface area contributed by atoms with Gasteiger partial charge in [-0.2, -0.15) is 0 Å². The van der Waals surface area contributed by atoms with Crippen LogP contribution in [0.2, 0.25) is 0 Å². The summed E-state index contributed by atoms with van der Waals surface area (Å²) in [5, 5.41) is 5.34. The number of ether oxygens (including phenoxy) is 1. The van der Waals surface area contributed by atoms with Crippen LogP contribution in [0.4, 0.5) is 0 Å². The normalized spacial score (nSPS) is 26.3. The number of hydrogen-bond donors (Lipinski definition) is 1. The summed E-state index contributed by atoms with van der Waals surface area (Å²) in [5.41, 5.74) is 2.81. The largest absolute Gasteiger partial charge is 0.370 e. The molecule has 1 aliphatic carbocycles. The van der Waals surface area contributed by atoms with Crippen LogP contribution in [0.5, 0.6) is 0 Å². The van der Waals surface area contributed by atoms with E-state index in [1.54, 1.807) is 22.7 Å². The predicted molar refractivity (Wildman–Crippen MR) is 109 cm³/mol. The van der Waals surface area contributed by atoms with Gasteiger partial charge in [0.05, 0.1) is 30.3 Å². The lowest BCUT2D eigenvalue weighted by molar-refractivity contribution is -0.151.